The summed E-state index contributed by atoms with van der Waals surface area (Å²) in [6, 6.07) is 0. The van der Waals surface area contributed by atoms with E-state index in [9.17, 15) is 0 Å². The van der Waals surface area contributed by atoms with Crippen molar-refractivity contribution < 1.29 is 30.3 Å². The van der Waals surface area contributed by atoms with E-state index in [-0.39, 0.29) is 0 Å². The van der Waals surface area contributed by atoms with Crippen LogP contribution in [-0.2, 0) is 4.74 Å². The summed E-state index contributed by atoms with van der Waals surface area (Å²) in [6.45, 7) is -0.425. The molecule has 0 aromatic rings. The first-order chi connectivity index (χ1) is 4.95. The molecule has 1 rings (SSSR count). The highest BCUT2D eigenvalue weighted by atomic mass is 16.8. The smallest absolute Gasteiger partial charge is 0.308 e. The van der Waals surface area contributed by atoms with Crippen molar-refractivity contribution in [3.8, 4) is 0 Å². The Bertz CT molecular complexity index is 146. The van der Waals surface area contributed by atoms with Crippen LogP contribution in [0.3, 0.4) is 0 Å². The molecule has 11 heavy (non-hydrogen) atoms. The molecule has 1 heterocycles. The molecule has 0 radical (unpaired) electrons. The maximum absolute atomic E-state index is 8.88. The Morgan fingerprint density at radius 1 is 1.18 bits per heavy atom. The number of aliphatic hydroxyl groups is 5. The van der Waals surface area contributed by atoms with Crippen LogP contribution in [0, 0.1) is 0 Å². The Balaban J connectivity index is 2.67. The van der Waals surface area contributed by atoms with Crippen molar-refractivity contribution in [1.29, 1.82) is 0 Å². The number of hydrogen-bond acceptors (Lipinski definition) is 6. The minimum Gasteiger partial charge on any atom is -0.388 e. The zero-order valence-electron chi connectivity index (χ0n) is 5.58. The summed E-state index contributed by atoms with van der Waals surface area (Å²) in [5.41, 5.74) is 0. The summed E-state index contributed by atoms with van der Waals surface area (Å²) in [4.78, 5) is 0. The minimum atomic E-state index is -2.77. The molecule has 0 aliphatic carbocycles. The van der Waals surface area contributed by atoms with Crippen LogP contribution in [0.5, 0.6) is 0 Å². The molecule has 0 spiro atoms. The molecule has 1 aliphatic rings. The van der Waals surface area contributed by atoms with Crippen LogP contribution in [-0.4, -0.2) is 56.4 Å². The Labute approximate surface area is 62.3 Å². The fourth-order valence-electron chi connectivity index (χ4n) is 0.825. The predicted octanol–water partition coefficient (Wildman–Crippen LogP) is -3.26. The van der Waals surface area contributed by atoms with Crippen molar-refractivity contribution in [2.75, 3.05) is 6.61 Å². The third-order valence-electron chi connectivity index (χ3n) is 1.57. The fraction of sp³-hybridized carbons (Fsp3) is 1.00. The minimum absolute atomic E-state index is 0.425. The monoisotopic (exact) mass is 166 g/mol. The quantitative estimate of drug-likeness (QED) is 0.242. The van der Waals surface area contributed by atoms with E-state index >= 15 is 0 Å². The molecule has 0 aromatic heterocycles. The van der Waals surface area contributed by atoms with E-state index in [1.165, 1.54) is 0 Å². The first-order valence-corrected chi connectivity index (χ1v) is 3.08. The predicted molar refractivity (Wildman–Crippen MR) is 31.1 cm³/mol. The van der Waals surface area contributed by atoms with Gasteiger partial charge < -0.3 is 30.3 Å². The molecule has 1 saturated heterocycles. The van der Waals surface area contributed by atoms with Gasteiger partial charge in [-0.25, -0.2) is 0 Å². The van der Waals surface area contributed by atoms with Crippen molar-refractivity contribution in [3.05, 3.63) is 0 Å². The highest BCUT2D eigenvalue weighted by Crippen LogP contribution is 2.20. The fourth-order valence-corrected chi connectivity index (χ4v) is 0.825. The van der Waals surface area contributed by atoms with Gasteiger partial charge in [0.15, 0.2) is 6.10 Å². The van der Waals surface area contributed by atoms with Crippen LogP contribution in [0.4, 0.5) is 0 Å². The van der Waals surface area contributed by atoms with Crippen molar-refractivity contribution >= 4 is 0 Å². The second-order valence-corrected chi connectivity index (χ2v) is 2.47. The van der Waals surface area contributed by atoms with Gasteiger partial charge in [-0.05, 0) is 0 Å². The van der Waals surface area contributed by atoms with Crippen LogP contribution in [0.25, 0.3) is 0 Å². The van der Waals surface area contributed by atoms with Gasteiger partial charge in [0.25, 0.3) is 0 Å². The summed E-state index contributed by atoms with van der Waals surface area (Å²) in [5.74, 6) is -2.77. The zero-order valence-corrected chi connectivity index (χ0v) is 5.58. The Morgan fingerprint density at radius 3 is 2.18 bits per heavy atom. The van der Waals surface area contributed by atoms with Gasteiger partial charge in [0, 0.05) is 0 Å². The molecule has 1 fully saturated rings. The lowest BCUT2D eigenvalue weighted by Crippen LogP contribution is -2.60. The maximum atomic E-state index is 8.88. The van der Waals surface area contributed by atoms with E-state index in [1.807, 2.05) is 0 Å². The first-order valence-electron chi connectivity index (χ1n) is 3.08. The summed E-state index contributed by atoms with van der Waals surface area (Å²) >= 11 is 0. The third-order valence-corrected chi connectivity index (χ3v) is 1.57. The van der Waals surface area contributed by atoms with E-state index in [2.05, 4.69) is 4.74 Å². The Morgan fingerprint density at radius 2 is 1.73 bits per heavy atom. The number of ether oxygens (including phenoxy) is 1. The molecule has 0 bridgehead atoms. The molecule has 0 aromatic carbocycles. The van der Waals surface area contributed by atoms with E-state index < -0.39 is 30.9 Å². The average Bonchev–Trinajstić information content (AvgIpc) is 1.95. The largest absolute Gasteiger partial charge is 0.388 e. The van der Waals surface area contributed by atoms with Gasteiger partial charge in [-0.15, -0.1) is 0 Å². The molecule has 1 aliphatic heterocycles. The molecule has 6 nitrogen and oxygen atoms in total. The third kappa shape index (κ3) is 1.51. The molecule has 0 unspecified atom stereocenters. The molecule has 0 saturated carbocycles. The van der Waals surface area contributed by atoms with E-state index in [0.717, 1.165) is 0 Å². The van der Waals surface area contributed by atoms with Crippen LogP contribution < -0.4 is 0 Å². The number of aliphatic hydroxyl groups excluding tert-OH is 3. The van der Waals surface area contributed by atoms with Crippen LogP contribution in [0.1, 0.15) is 0 Å². The standard InChI is InChI=1S/C5H10O6/c6-2-1-11-5(9,10)4(8)3(2)7/h2-4,6-10H,1H2/t2-,3-,4+/m1/s1. The normalized spacial score (nSPS) is 43.9. The SMILES string of the molecule is O[C@@H]1[C@H](O)COC(O)(O)[C@H]1O. The van der Waals surface area contributed by atoms with E-state index in [0.29, 0.717) is 0 Å². The van der Waals surface area contributed by atoms with Crippen molar-refractivity contribution in [3.63, 3.8) is 0 Å². The van der Waals surface area contributed by atoms with Gasteiger partial charge in [-0.3, -0.25) is 0 Å². The van der Waals surface area contributed by atoms with Gasteiger partial charge in [-0.2, -0.15) is 0 Å². The molecule has 6 heteroatoms. The molecule has 3 atom stereocenters. The van der Waals surface area contributed by atoms with Crippen molar-refractivity contribution in [2.24, 2.45) is 0 Å². The molecule has 66 valence electrons. The summed E-state index contributed by atoms with van der Waals surface area (Å²) in [6.07, 6.45) is -4.80. The topological polar surface area (TPSA) is 110 Å². The van der Waals surface area contributed by atoms with Gasteiger partial charge >= 0.3 is 5.97 Å². The molecule has 0 amide bonds. The lowest BCUT2D eigenvalue weighted by Gasteiger charge is -2.37. The summed E-state index contributed by atoms with van der Waals surface area (Å²) < 4.78 is 4.21. The van der Waals surface area contributed by atoms with Gasteiger partial charge in [0.1, 0.15) is 12.2 Å². The van der Waals surface area contributed by atoms with Crippen LogP contribution >= 0.6 is 0 Å². The molecular weight excluding hydrogens is 156 g/mol. The average molecular weight is 166 g/mol. The second-order valence-electron chi connectivity index (χ2n) is 2.47. The Kier molecular flexibility index (Phi) is 2.15. The lowest BCUT2D eigenvalue weighted by atomic mass is 10.0. The van der Waals surface area contributed by atoms with E-state index in [1.54, 1.807) is 0 Å². The highest BCUT2D eigenvalue weighted by Gasteiger charge is 2.47. The van der Waals surface area contributed by atoms with Crippen LogP contribution in [0.2, 0.25) is 0 Å². The van der Waals surface area contributed by atoms with Crippen LogP contribution in [0.15, 0.2) is 0 Å². The number of hydrogen-bond donors (Lipinski definition) is 5. The molecule has 5 N–H and O–H groups in total. The Hall–Kier alpha value is -0.240. The first kappa shape index (κ1) is 8.85. The summed E-state index contributed by atoms with van der Waals surface area (Å²) in [7, 11) is 0. The van der Waals surface area contributed by atoms with Gasteiger partial charge in [-0.1, -0.05) is 0 Å². The maximum Gasteiger partial charge on any atom is 0.308 e. The molecular formula is C5H10O6. The van der Waals surface area contributed by atoms with Crippen molar-refractivity contribution in [1.82, 2.24) is 0 Å². The summed E-state index contributed by atoms with van der Waals surface area (Å²) in [5, 5.41) is 44.0. The number of rotatable bonds is 0. The van der Waals surface area contributed by atoms with Crippen molar-refractivity contribution in [2.45, 2.75) is 24.3 Å². The van der Waals surface area contributed by atoms with E-state index in [4.69, 9.17) is 25.5 Å². The second kappa shape index (κ2) is 2.67. The van der Waals surface area contributed by atoms with Gasteiger partial charge in [0.2, 0.25) is 0 Å². The van der Waals surface area contributed by atoms with Gasteiger partial charge in [0.05, 0.1) is 6.61 Å². The lowest BCUT2D eigenvalue weighted by molar-refractivity contribution is -0.415. The zero-order chi connectivity index (χ0) is 8.65. The highest BCUT2D eigenvalue weighted by molar-refractivity contribution is 4.85.